The molecule has 2 aromatic carbocycles. The molecule has 0 radical (unpaired) electrons. The molecule has 4 heteroatoms. The van der Waals surface area contributed by atoms with Crippen LogP contribution in [0, 0.1) is 18.6 Å². The Balaban J connectivity index is 2.48. The van der Waals surface area contributed by atoms with Crippen LogP contribution in [0.15, 0.2) is 36.4 Å². The van der Waals surface area contributed by atoms with E-state index >= 15 is 0 Å². The Morgan fingerprint density at radius 1 is 1.11 bits per heavy atom. The number of rotatable bonds is 2. The van der Waals surface area contributed by atoms with Crippen molar-refractivity contribution in [3.8, 4) is 0 Å². The summed E-state index contributed by atoms with van der Waals surface area (Å²) in [7, 11) is 0. The predicted octanol–water partition coefficient (Wildman–Crippen LogP) is 4.16. The van der Waals surface area contributed by atoms with E-state index < -0.39 is 11.6 Å². The van der Waals surface area contributed by atoms with Gasteiger partial charge in [0.1, 0.15) is 0 Å². The zero-order valence-electron chi connectivity index (χ0n) is 9.51. The molecule has 0 N–H and O–H groups in total. The van der Waals surface area contributed by atoms with E-state index in [2.05, 4.69) is 0 Å². The molecule has 2 rings (SSSR count). The van der Waals surface area contributed by atoms with Crippen LogP contribution in [0.5, 0.6) is 0 Å². The molecule has 0 aliphatic rings. The standard InChI is InChI=1S/C14H9ClF2O/c1-8-10(3-2-4-11(8)15)14(18)9-5-6-12(16)13(17)7-9/h2-7H,1H3. The van der Waals surface area contributed by atoms with E-state index in [4.69, 9.17) is 11.6 Å². The summed E-state index contributed by atoms with van der Waals surface area (Å²) < 4.78 is 25.9. The van der Waals surface area contributed by atoms with Crippen LogP contribution in [0.4, 0.5) is 8.78 Å². The smallest absolute Gasteiger partial charge is 0.193 e. The van der Waals surface area contributed by atoms with E-state index in [1.165, 1.54) is 6.07 Å². The highest BCUT2D eigenvalue weighted by molar-refractivity contribution is 6.32. The number of carbonyl (C=O) groups excluding carboxylic acids is 1. The third kappa shape index (κ3) is 2.27. The van der Waals surface area contributed by atoms with Gasteiger partial charge in [0.05, 0.1) is 0 Å². The summed E-state index contributed by atoms with van der Waals surface area (Å²) >= 11 is 5.92. The van der Waals surface area contributed by atoms with Crippen molar-refractivity contribution in [1.82, 2.24) is 0 Å². The van der Waals surface area contributed by atoms with Gasteiger partial charge in [0.25, 0.3) is 0 Å². The number of ketones is 1. The maximum atomic E-state index is 13.1. The van der Waals surface area contributed by atoms with Crippen molar-refractivity contribution in [3.05, 3.63) is 69.7 Å². The van der Waals surface area contributed by atoms with Crippen LogP contribution in [-0.4, -0.2) is 5.78 Å². The molecule has 0 saturated heterocycles. The van der Waals surface area contributed by atoms with Crippen molar-refractivity contribution in [2.24, 2.45) is 0 Å². The van der Waals surface area contributed by atoms with Crippen LogP contribution in [0.25, 0.3) is 0 Å². The molecule has 0 aliphatic heterocycles. The van der Waals surface area contributed by atoms with Crippen LogP contribution in [0.3, 0.4) is 0 Å². The second-order valence-corrected chi connectivity index (χ2v) is 4.28. The van der Waals surface area contributed by atoms with Crippen molar-refractivity contribution in [1.29, 1.82) is 0 Å². The maximum Gasteiger partial charge on any atom is 0.193 e. The number of hydrogen-bond donors (Lipinski definition) is 0. The molecule has 0 aliphatic carbocycles. The van der Waals surface area contributed by atoms with Gasteiger partial charge in [-0.25, -0.2) is 8.78 Å². The van der Waals surface area contributed by atoms with Gasteiger partial charge in [-0.05, 0) is 36.8 Å². The minimum atomic E-state index is -1.04. The maximum absolute atomic E-state index is 13.1. The minimum absolute atomic E-state index is 0.0965. The molecular formula is C14H9ClF2O. The molecule has 92 valence electrons. The van der Waals surface area contributed by atoms with E-state index in [-0.39, 0.29) is 11.3 Å². The van der Waals surface area contributed by atoms with Crippen LogP contribution < -0.4 is 0 Å². The van der Waals surface area contributed by atoms with Crippen LogP contribution in [0.1, 0.15) is 21.5 Å². The monoisotopic (exact) mass is 266 g/mol. The summed E-state index contributed by atoms with van der Waals surface area (Å²) in [6.45, 7) is 1.70. The Hall–Kier alpha value is -1.74. The predicted molar refractivity (Wildman–Crippen MR) is 66.0 cm³/mol. The average Bonchev–Trinajstić information content (AvgIpc) is 2.35. The molecule has 0 fully saturated rings. The summed E-state index contributed by atoms with van der Waals surface area (Å²) in [6, 6.07) is 7.98. The topological polar surface area (TPSA) is 17.1 Å². The molecule has 0 heterocycles. The van der Waals surface area contributed by atoms with Gasteiger partial charge in [-0.2, -0.15) is 0 Å². The lowest BCUT2D eigenvalue weighted by atomic mass is 9.99. The first-order valence-electron chi connectivity index (χ1n) is 5.25. The molecule has 0 amide bonds. The number of benzene rings is 2. The fourth-order valence-corrected chi connectivity index (χ4v) is 1.82. The van der Waals surface area contributed by atoms with E-state index in [0.717, 1.165) is 12.1 Å². The number of hydrogen-bond acceptors (Lipinski definition) is 1. The van der Waals surface area contributed by atoms with E-state index in [0.29, 0.717) is 16.1 Å². The van der Waals surface area contributed by atoms with Gasteiger partial charge >= 0.3 is 0 Å². The van der Waals surface area contributed by atoms with Crippen molar-refractivity contribution >= 4 is 17.4 Å². The highest BCUT2D eigenvalue weighted by atomic mass is 35.5. The lowest BCUT2D eigenvalue weighted by Crippen LogP contribution is -2.05. The zero-order valence-corrected chi connectivity index (χ0v) is 10.3. The number of halogens is 3. The molecule has 0 unspecified atom stereocenters. The highest BCUT2D eigenvalue weighted by Gasteiger charge is 2.15. The second kappa shape index (κ2) is 4.86. The third-order valence-electron chi connectivity index (χ3n) is 2.69. The minimum Gasteiger partial charge on any atom is -0.289 e. The zero-order chi connectivity index (χ0) is 13.3. The van der Waals surface area contributed by atoms with E-state index in [1.54, 1.807) is 25.1 Å². The first kappa shape index (κ1) is 12.7. The van der Waals surface area contributed by atoms with Gasteiger partial charge in [0, 0.05) is 16.1 Å². The van der Waals surface area contributed by atoms with E-state index in [9.17, 15) is 13.6 Å². The molecule has 0 saturated carbocycles. The van der Waals surface area contributed by atoms with Crippen molar-refractivity contribution in [3.63, 3.8) is 0 Å². The van der Waals surface area contributed by atoms with Gasteiger partial charge in [-0.3, -0.25) is 4.79 Å². The summed E-state index contributed by atoms with van der Waals surface area (Å²) in [6.07, 6.45) is 0. The molecular weight excluding hydrogens is 258 g/mol. The lowest BCUT2D eigenvalue weighted by molar-refractivity contribution is 0.103. The Bertz CT molecular complexity index is 623. The average molecular weight is 267 g/mol. The van der Waals surface area contributed by atoms with Crippen molar-refractivity contribution in [2.45, 2.75) is 6.92 Å². The number of carbonyl (C=O) groups is 1. The highest BCUT2D eigenvalue weighted by Crippen LogP contribution is 2.22. The molecule has 1 nitrogen and oxygen atoms in total. The van der Waals surface area contributed by atoms with Crippen LogP contribution in [-0.2, 0) is 0 Å². The fraction of sp³-hybridized carbons (Fsp3) is 0.0714. The lowest BCUT2D eigenvalue weighted by Gasteiger charge is -2.06. The fourth-order valence-electron chi connectivity index (χ4n) is 1.65. The third-order valence-corrected chi connectivity index (χ3v) is 3.10. The molecule has 2 aromatic rings. The van der Waals surface area contributed by atoms with Crippen molar-refractivity contribution < 1.29 is 13.6 Å². The summed E-state index contributed by atoms with van der Waals surface area (Å²) in [5, 5.41) is 0.462. The summed E-state index contributed by atoms with van der Waals surface area (Å²) in [5.41, 5.74) is 1.10. The Labute approximate surface area is 108 Å². The molecule has 0 spiro atoms. The quantitative estimate of drug-likeness (QED) is 0.746. The SMILES string of the molecule is Cc1c(Cl)cccc1C(=O)c1ccc(F)c(F)c1. The van der Waals surface area contributed by atoms with Gasteiger partial charge in [-0.15, -0.1) is 0 Å². The first-order valence-corrected chi connectivity index (χ1v) is 5.63. The Morgan fingerprint density at radius 2 is 1.83 bits per heavy atom. The molecule has 18 heavy (non-hydrogen) atoms. The molecule has 0 aromatic heterocycles. The van der Waals surface area contributed by atoms with Crippen molar-refractivity contribution in [2.75, 3.05) is 0 Å². The molecule has 0 bridgehead atoms. The Kier molecular flexibility index (Phi) is 3.43. The van der Waals surface area contributed by atoms with Gasteiger partial charge in [0.2, 0.25) is 0 Å². The Morgan fingerprint density at radius 3 is 2.50 bits per heavy atom. The largest absolute Gasteiger partial charge is 0.289 e. The van der Waals surface area contributed by atoms with E-state index in [1.807, 2.05) is 0 Å². The summed E-state index contributed by atoms with van der Waals surface area (Å²) in [4.78, 5) is 12.1. The van der Waals surface area contributed by atoms with Gasteiger partial charge in [0.15, 0.2) is 17.4 Å². The normalized spacial score (nSPS) is 10.4. The molecule has 0 atom stereocenters. The van der Waals surface area contributed by atoms with Crippen LogP contribution >= 0.6 is 11.6 Å². The van der Waals surface area contributed by atoms with Gasteiger partial charge < -0.3 is 0 Å². The van der Waals surface area contributed by atoms with Gasteiger partial charge in [-0.1, -0.05) is 23.7 Å². The van der Waals surface area contributed by atoms with Crippen LogP contribution in [0.2, 0.25) is 5.02 Å². The summed E-state index contributed by atoms with van der Waals surface area (Å²) in [5.74, 6) is -2.40. The first-order chi connectivity index (χ1) is 8.50. The second-order valence-electron chi connectivity index (χ2n) is 3.87.